The Bertz CT molecular complexity index is 103. The largest absolute Gasteiger partial charge is 0.398 e. The molecule has 0 aromatic carbocycles. The van der Waals surface area contributed by atoms with Crippen LogP contribution in [0.5, 0.6) is 0 Å². The van der Waals surface area contributed by atoms with Gasteiger partial charge in [-0.1, -0.05) is 20.8 Å². The number of hydrogen-bond acceptors (Lipinski definition) is 2. The van der Waals surface area contributed by atoms with Gasteiger partial charge in [0, 0.05) is 14.2 Å². The van der Waals surface area contributed by atoms with Crippen molar-refractivity contribution in [1.29, 1.82) is 0 Å². The van der Waals surface area contributed by atoms with Crippen LogP contribution in [0.2, 0.25) is 12.1 Å². The molecule has 0 saturated carbocycles. The van der Waals surface area contributed by atoms with E-state index in [-0.39, 0.29) is 0 Å². The van der Waals surface area contributed by atoms with Gasteiger partial charge in [0.15, 0.2) is 0 Å². The van der Waals surface area contributed by atoms with Gasteiger partial charge in [-0.15, -0.1) is 0 Å². The molecule has 0 radical (unpaired) electrons. The molecule has 0 rings (SSSR count). The molecule has 0 bridgehead atoms. The third-order valence-corrected chi connectivity index (χ3v) is 6.00. The van der Waals surface area contributed by atoms with Gasteiger partial charge in [0.2, 0.25) is 0 Å². The Morgan fingerprint density at radius 2 is 1.67 bits per heavy atom. The predicted octanol–water partition coefficient (Wildman–Crippen LogP) is 2.79. The first-order chi connectivity index (χ1) is 5.60. The van der Waals surface area contributed by atoms with Gasteiger partial charge in [-0.3, -0.25) is 0 Å². The maximum atomic E-state index is 5.50. The molecule has 0 aromatic heterocycles. The molecule has 0 aromatic rings. The van der Waals surface area contributed by atoms with Crippen LogP contribution < -0.4 is 0 Å². The topological polar surface area (TPSA) is 18.5 Å². The van der Waals surface area contributed by atoms with Gasteiger partial charge in [-0.2, -0.15) is 0 Å². The fraction of sp³-hybridized carbons (Fsp3) is 1.00. The molecule has 0 N–H and O–H groups in total. The molecule has 74 valence electrons. The van der Waals surface area contributed by atoms with Gasteiger partial charge in [-0.05, 0) is 24.4 Å². The van der Waals surface area contributed by atoms with E-state index >= 15 is 0 Å². The molecule has 0 unspecified atom stereocenters. The van der Waals surface area contributed by atoms with E-state index in [9.17, 15) is 0 Å². The highest BCUT2D eigenvalue weighted by atomic mass is 28.4. The Kier molecular flexibility index (Phi) is 5.79. The van der Waals surface area contributed by atoms with E-state index in [0.29, 0.717) is 0 Å². The van der Waals surface area contributed by atoms with E-state index in [1.807, 2.05) is 0 Å². The minimum atomic E-state index is -1.78. The Balaban J connectivity index is 3.93. The Morgan fingerprint density at radius 1 is 1.17 bits per heavy atom. The third kappa shape index (κ3) is 3.69. The van der Waals surface area contributed by atoms with Crippen molar-refractivity contribution in [3.8, 4) is 0 Å². The summed E-state index contributed by atoms with van der Waals surface area (Å²) in [5.41, 5.74) is 0. The molecule has 2 nitrogen and oxygen atoms in total. The van der Waals surface area contributed by atoms with Crippen LogP contribution in [0.25, 0.3) is 0 Å². The monoisotopic (exact) mass is 190 g/mol. The second kappa shape index (κ2) is 5.73. The zero-order chi connectivity index (χ0) is 9.61. The van der Waals surface area contributed by atoms with Crippen LogP contribution in [0.4, 0.5) is 0 Å². The summed E-state index contributed by atoms with van der Waals surface area (Å²) in [5, 5.41) is 0. The van der Waals surface area contributed by atoms with Crippen LogP contribution in [0.1, 0.15) is 27.2 Å². The van der Waals surface area contributed by atoms with Crippen molar-refractivity contribution < 1.29 is 8.85 Å². The lowest BCUT2D eigenvalue weighted by Gasteiger charge is -2.26. The number of hydrogen-bond donors (Lipinski definition) is 0. The smallest absolute Gasteiger partial charge is 0.337 e. The summed E-state index contributed by atoms with van der Waals surface area (Å²) < 4.78 is 11.0. The zero-order valence-electron chi connectivity index (χ0n) is 9.02. The Morgan fingerprint density at radius 3 is 1.92 bits per heavy atom. The van der Waals surface area contributed by atoms with Crippen molar-refractivity contribution in [1.82, 2.24) is 0 Å². The van der Waals surface area contributed by atoms with Crippen LogP contribution >= 0.6 is 0 Å². The highest BCUT2D eigenvalue weighted by molar-refractivity contribution is 6.67. The van der Waals surface area contributed by atoms with E-state index in [2.05, 4.69) is 20.8 Å². The average molecular weight is 190 g/mol. The van der Waals surface area contributed by atoms with Crippen LogP contribution in [-0.2, 0) is 8.85 Å². The third-order valence-electron chi connectivity index (χ3n) is 2.39. The summed E-state index contributed by atoms with van der Waals surface area (Å²) in [5.74, 6) is 0.744. The van der Waals surface area contributed by atoms with E-state index in [0.717, 1.165) is 18.0 Å². The minimum Gasteiger partial charge on any atom is -0.398 e. The molecule has 0 spiro atoms. The van der Waals surface area contributed by atoms with Gasteiger partial charge >= 0.3 is 8.56 Å². The second-order valence-electron chi connectivity index (χ2n) is 3.61. The fourth-order valence-corrected chi connectivity index (χ4v) is 3.78. The highest BCUT2D eigenvalue weighted by Crippen LogP contribution is 2.21. The second-order valence-corrected chi connectivity index (χ2v) is 7.45. The Hall–Kier alpha value is 0.137. The lowest BCUT2D eigenvalue weighted by molar-refractivity contribution is 0.240. The minimum absolute atomic E-state index is 0.744. The van der Waals surface area contributed by atoms with Crippen molar-refractivity contribution >= 4 is 8.56 Å². The molecule has 12 heavy (non-hydrogen) atoms. The first-order valence-electron chi connectivity index (χ1n) is 4.70. The van der Waals surface area contributed by atoms with E-state index in [1.54, 1.807) is 14.2 Å². The molecular formula is C9H22O2Si. The number of rotatable bonds is 6. The quantitative estimate of drug-likeness (QED) is 0.600. The van der Waals surface area contributed by atoms with E-state index < -0.39 is 8.56 Å². The van der Waals surface area contributed by atoms with Crippen LogP contribution in [-0.4, -0.2) is 22.8 Å². The fourth-order valence-electron chi connectivity index (χ4n) is 1.26. The normalized spacial score (nSPS) is 12.5. The first kappa shape index (κ1) is 12.1. The molecule has 0 atom stereocenters. The summed E-state index contributed by atoms with van der Waals surface area (Å²) in [7, 11) is 1.77. The molecule has 0 heterocycles. The van der Waals surface area contributed by atoms with Crippen LogP contribution in [0.3, 0.4) is 0 Å². The van der Waals surface area contributed by atoms with Crippen molar-refractivity contribution in [2.75, 3.05) is 14.2 Å². The summed E-state index contributed by atoms with van der Waals surface area (Å²) in [6.45, 7) is 6.62. The van der Waals surface area contributed by atoms with Crippen LogP contribution in [0.15, 0.2) is 0 Å². The summed E-state index contributed by atoms with van der Waals surface area (Å²) in [4.78, 5) is 0. The predicted molar refractivity (Wildman–Crippen MR) is 54.5 cm³/mol. The van der Waals surface area contributed by atoms with Gasteiger partial charge in [0.05, 0.1) is 0 Å². The van der Waals surface area contributed by atoms with E-state index in [4.69, 9.17) is 8.85 Å². The van der Waals surface area contributed by atoms with Crippen molar-refractivity contribution in [2.45, 2.75) is 39.3 Å². The lowest BCUT2D eigenvalue weighted by atomic mass is 10.2. The summed E-state index contributed by atoms with van der Waals surface area (Å²) >= 11 is 0. The van der Waals surface area contributed by atoms with Gasteiger partial charge in [0.25, 0.3) is 0 Å². The summed E-state index contributed by atoms with van der Waals surface area (Å²) in [6.07, 6.45) is 1.21. The first-order valence-corrected chi connectivity index (χ1v) is 6.93. The molecular weight excluding hydrogens is 168 g/mol. The molecule has 0 aliphatic carbocycles. The van der Waals surface area contributed by atoms with Crippen LogP contribution in [0, 0.1) is 5.92 Å². The van der Waals surface area contributed by atoms with Gasteiger partial charge in [-0.25, -0.2) is 0 Å². The summed E-state index contributed by atoms with van der Waals surface area (Å²) in [6, 6.07) is 2.17. The SMILES string of the molecule is CC[Si](CCC(C)C)(OC)OC. The molecule has 0 fully saturated rings. The maximum Gasteiger partial charge on any atom is 0.337 e. The highest BCUT2D eigenvalue weighted by Gasteiger charge is 2.32. The molecule has 0 saturated heterocycles. The molecule has 0 aliphatic heterocycles. The molecule has 0 aliphatic rings. The lowest BCUT2D eigenvalue weighted by Crippen LogP contribution is -2.39. The van der Waals surface area contributed by atoms with Crippen molar-refractivity contribution in [3.05, 3.63) is 0 Å². The van der Waals surface area contributed by atoms with Crippen molar-refractivity contribution in [3.63, 3.8) is 0 Å². The average Bonchev–Trinajstić information content (AvgIpc) is 2.08. The van der Waals surface area contributed by atoms with Gasteiger partial charge < -0.3 is 8.85 Å². The molecule has 3 heteroatoms. The van der Waals surface area contributed by atoms with E-state index in [1.165, 1.54) is 6.42 Å². The zero-order valence-corrected chi connectivity index (χ0v) is 10.0. The standard InChI is InChI=1S/C9H22O2Si/c1-6-12(10-4,11-5)8-7-9(2)3/h9H,6-8H2,1-5H3. The Labute approximate surface area is 77.5 Å². The maximum absolute atomic E-state index is 5.50. The van der Waals surface area contributed by atoms with Gasteiger partial charge in [0.1, 0.15) is 0 Å². The van der Waals surface area contributed by atoms with Crippen molar-refractivity contribution in [2.24, 2.45) is 5.92 Å². The molecule has 0 amide bonds.